The lowest BCUT2D eigenvalue weighted by Crippen LogP contribution is -2.48. The van der Waals surface area contributed by atoms with Gasteiger partial charge in [-0.1, -0.05) is 30.7 Å². The molecule has 0 bridgehead atoms. The van der Waals surface area contributed by atoms with Gasteiger partial charge in [-0.3, -0.25) is 10.2 Å². The van der Waals surface area contributed by atoms with Gasteiger partial charge < -0.3 is 15.8 Å². The molecule has 0 spiro atoms. The minimum absolute atomic E-state index is 0.0617. The number of allylic oxidation sites excluding steroid dienone is 1. The molecule has 0 aromatic heterocycles. The van der Waals surface area contributed by atoms with Crippen LogP contribution >= 0.6 is 0 Å². The molecule has 1 fully saturated rings. The fourth-order valence-electron chi connectivity index (χ4n) is 2.41. The van der Waals surface area contributed by atoms with E-state index in [1.54, 1.807) is 0 Å². The summed E-state index contributed by atoms with van der Waals surface area (Å²) < 4.78 is 0. The number of anilines is 1. The second kappa shape index (κ2) is 8.93. The second-order valence-corrected chi connectivity index (χ2v) is 5.96. The lowest BCUT2D eigenvalue weighted by Gasteiger charge is -2.12. The smallest absolute Gasteiger partial charge is 0.330 e. The highest BCUT2D eigenvalue weighted by atomic mass is 16.4. The summed E-state index contributed by atoms with van der Waals surface area (Å²) in [6, 6.07) is 7.37. The van der Waals surface area contributed by atoms with Crippen LogP contribution in [0.15, 0.2) is 29.8 Å². The average Bonchev–Trinajstić information content (AvgIpc) is 3.07. The maximum Gasteiger partial charge on any atom is 0.330 e. The third kappa shape index (κ3) is 5.92. The van der Waals surface area contributed by atoms with Crippen molar-refractivity contribution in [1.29, 1.82) is 0 Å². The molecule has 0 heterocycles. The summed E-state index contributed by atoms with van der Waals surface area (Å²) in [5.41, 5.74) is 11.3. The maximum absolute atomic E-state index is 11.5. The number of benzene rings is 1. The predicted molar refractivity (Wildman–Crippen MR) is 93.0 cm³/mol. The van der Waals surface area contributed by atoms with Crippen LogP contribution in [0.1, 0.15) is 38.2 Å². The molecule has 1 aromatic carbocycles. The van der Waals surface area contributed by atoms with E-state index in [9.17, 15) is 9.59 Å². The molecule has 130 valence electrons. The highest BCUT2D eigenvalue weighted by molar-refractivity contribution is 5.75. The van der Waals surface area contributed by atoms with Crippen LogP contribution in [0.3, 0.4) is 0 Å². The van der Waals surface area contributed by atoms with Gasteiger partial charge in [-0.05, 0) is 43.4 Å². The zero-order chi connectivity index (χ0) is 17.4. The third-order valence-corrected chi connectivity index (χ3v) is 3.90. The van der Waals surface area contributed by atoms with Crippen LogP contribution in [0.25, 0.3) is 6.08 Å². The summed E-state index contributed by atoms with van der Waals surface area (Å²) in [6.45, 7) is 1.59. The molecule has 0 aliphatic heterocycles. The summed E-state index contributed by atoms with van der Waals surface area (Å²) in [5.74, 6) is -1.58. The highest BCUT2D eigenvalue weighted by Gasteiger charge is 2.11. The first kappa shape index (κ1) is 17.8. The molecule has 0 saturated heterocycles. The number of rotatable bonds is 7. The van der Waals surface area contributed by atoms with Crippen LogP contribution in [0.2, 0.25) is 0 Å². The number of carboxylic acids is 1. The van der Waals surface area contributed by atoms with E-state index in [0.717, 1.165) is 5.69 Å². The zero-order valence-corrected chi connectivity index (χ0v) is 13.8. The van der Waals surface area contributed by atoms with Gasteiger partial charge in [0.05, 0.1) is 11.6 Å². The van der Waals surface area contributed by atoms with Crippen molar-refractivity contribution in [3.05, 3.63) is 35.4 Å². The SMILES string of the molecule is C[C@@H](CNC(=O)NNNc1ccc(C=C2CCCC2)cc1)C(=O)O. The van der Waals surface area contributed by atoms with E-state index in [4.69, 9.17) is 5.11 Å². The van der Waals surface area contributed by atoms with Gasteiger partial charge in [0, 0.05) is 6.54 Å². The van der Waals surface area contributed by atoms with E-state index in [0.29, 0.717) is 0 Å². The van der Waals surface area contributed by atoms with Crippen molar-refractivity contribution in [3.8, 4) is 0 Å². The summed E-state index contributed by atoms with van der Waals surface area (Å²) in [4.78, 5) is 22.1. The number of hydrogen-bond acceptors (Lipinski definition) is 4. The fourth-order valence-corrected chi connectivity index (χ4v) is 2.41. The van der Waals surface area contributed by atoms with Gasteiger partial charge in [-0.25, -0.2) is 4.79 Å². The van der Waals surface area contributed by atoms with E-state index < -0.39 is 17.9 Å². The van der Waals surface area contributed by atoms with E-state index in [-0.39, 0.29) is 6.54 Å². The topological polar surface area (TPSA) is 102 Å². The summed E-state index contributed by atoms with van der Waals surface area (Å²) in [7, 11) is 0. The van der Waals surface area contributed by atoms with Gasteiger partial charge in [-0.2, -0.15) is 0 Å². The molecule has 1 saturated carbocycles. The first-order valence-corrected chi connectivity index (χ1v) is 8.12. The Morgan fingerprint density at radius 2 is 1.88 bits per heavy atom. The van der Waals surface area contributed by atoms with Crippen LogP contribution in [0.5, 0.6) is 0 Å². The first-order valence-electron chi connectivity index (χ1n) is 8.12. The van der Waals surface area contributed by atoms with E-state index in [1.165, 1.54) is 43.7 Å². The first-order chi connectivity index (χ1) is 11.5. The lowest BCUT2D eigenvalue weighted by molar-refractivity contribution is -0.140. The summed E-state index contributed by atoms with van der Waals surface area (Å²) >= 11 is 0. The molecule has 0 unspecified atom stereocenters. The molecule has 1 aromatic rings. The van der Waals surface area contributed by atoms with Crippen LogP contribution in [-0.2, 0) is 4.79 Å². The van der Waals surface area contributed by atoms with Gasteiger partial charge >= 0.3 is 12.0 Å². The Balaban J connectivity index is 1.69. The molecule has 7 heteroatoms. The van der Waals surface area contributed by atoms with Crippen molar-refractivity contribution in [2.45, 2.75) is 32.6 Å². The van der Waals surface area contributed by atoms with Gasteiger partial charge in [0.2, 0.25) is 0 Å². The predicted octanol–water partition coefficient (Wildman–Crippen LogP) is 2.50. The normalized spacial score (nSPS) is 14.8. The van der Waals surface area contributed by atoms with Crippen molar-refractivity contribution in [2.75, 3.05) is 12.0 Å². The Morgan fingerprint density at radius 1 is 1.21 bits per heavy atom. The maximum atomic E-state index is 11.5. The van der Waals surface area contributed by atoms with Crippen molar-refractivity contribution < 1.29 is 14.7 Å². The van der Waals surface area contributed by atoms with Crippen LogP contribution < -0.4 is 21.7 Å². The molecule has 2 amide bonds. The van der Waals surface area contributed by atoms with Gasteiger partial charge in [0.25, 0.3) is 0 Å². The Bertz CT molecular complexity index is 590. The number of hydrogen-bond donors (Lipinski definition) is 5. The summed E-state index contributed by atoms with van der Waals surface area (Å²) in [5, 5.41) is 11.2. The largest absolute Gasteiger partial charge is 0.481 e. The van der Waals surface area contributed by atoms with E-state index in [1.807, 2.05) is 24.3 Å². The number of nitrogens with one attached hydrogen (secondary N) is 4. The number of aliphatic carboxylic acids is 1. The standard InChI is InChI=1S/C17H24N4O3/c1-12(16(22)23)11-18-17(24)20-21-19-15-8-6-14(7-9-15)10-13-4-2-3-5-13/h6-10,12,19,21H,2-5,11H2,1H3,(H,22,23)(H2,18,20,24)/t12-/m0/s1. The zero-order valence-electron chi connectivity index (χ0n) is 13.8. The summed E-state index contributed by atoms with van der Waals surface area (Å²) in [6.07, 6.45) is 7.20. The number of carboxylic acid groups (broad SMARTS) is 1. The molecular formula is C17H24N4O3. The molecule has 2 rings (SSSR count). The molecular weight excluding hydrogens is 308 g/mol. The van der Waals surface area contributed by atoms with E-state index >= 15 is 0 Å². The molecule has 5 N–H and O–H groups in total. The Morgan fingerprint density at radius 3 is 2.50 bits per heavy atom. The molecule has 7 nitrogen and oxygen atoms in total. The van der Waals surface area contributed by atoms with E-state index in [2.05, 4.69) is 27.8 Å². The number of amides is 2. The lowest BCUT2D eigenvalue weighted by atomic mass is 10.1. The molecule has 1 atom stereocenters. The minimum Gasteiger partial charge on any atom is -0.481 e. The van der Waals surface area contributed by atoms with Gasteiger partial charge in [0.15, 0.2) is 0 Å². The van der Waals surface area contributed by atoms with Crippen LogP contribution in [-0.4, -0.2) is 23.7 Å². The average molecular weight is 332 g/mol. The van der Waals surface area contributed by atoms with Crippen LogP contribution in [0.4, 0.5) is 10.5 Å². The monoisotopic (exact) mass is 332 g/mol. The number of urea groups is 1. The van der Waals surface area contributed by atoms with Gasteiger partial charge in [0.1, 0.15) is 0 Å². The van der Waals surface area contributed by atoms with Crippen molar-refractivity contribution in [3.63, 3.8) is 0 Å². The van der Waals surface area contributed by atoms with Crippen LogP contribution in [0, 0.1) is 5.92 Å². The number of carbonyl (C=O) groups excluding carboxylic acids is 1. The minimum atomic E-state index is -0.950. The quantitative estimate of drug-likeness (QED) is 0.494. The van der Waals surface area contributed by atoms with Crippen molar-refractivity contribution in [1.82, 2.24) is 16.3 Å². The molecule has 1 aliphatic carbocycles. The Kier molecular flexibility index (Phi) is 6.62. The molecule has 0 radical (unpaired) electrons. The Labute approximate surface area is 141 Å². The highest BCUT2D eigenvalue weighted by Crippen LogP contribution is 2.26. The fraction of sp³-hybridized carbons (Fsp3) is 0.412. The molecule has 1 aliphatic rings. The van der Waals surface area contributed by atoms with Gasteiger partial charge in [-0.15, -0.1) is 5.53 Å². The van der Waals surface area contributed by atoms with Crippen molar-refractivity contribution >= 4 is 23.8 Å². The third-order valence-electron chi connectivity index (χ3n) is 3.90. The number of carbonyl (C=O) groups is 2. The van der Waals surface area contributed by atoms with Crippen molar-refractivity contribution in [2.24, 2.45) is 5.92 Å². The second-order valence-electron chi connectivity index (χ2n) is 5.96. The molecule has 24 heavy (non-hydrogen) atoms. The number of hydrazine groups is 2. The Hall–Kier alpha value is -2.54.